The highest BCUT2D eigenvalue weighted by Gasteiger charge is 2.34. The number of alkyl halides is 3. The van der Waals surface area contributed by atoms with Crippen LogP contribution in [0.1, 0.15) is 22.6 Å². The maximum Gasteiger partial charge on any atom is 0.416 e. The summed E-state index contributed by atoms with van der Waals surface area (Å²) in [5.41, 5.74) is 8.47. The average molecular weight is 405 g/mol. The molecule has 0 saturated heterocycles. The Morgan fingerprint density at radius 2 is 1.70 bits per heavy atom. The molecule has 3 N–H and O–H groups in total. The van der Waals surface area contributed by atoms with Crippen LogP contribution in [-0.2, 0) is 6.18 Å². The highest BCUT2D eigenvalue weighted by molar-refractivity contribution is 6.11. The number of para-hydroxylation sites is 1. The van der Waals surface area contributed by atoms with Crippen LogP contribution in [0.25, 0.3) is 21.8 Å². The molecule has 0 bridgehead atoms. The number of nitriles is 1. The summed E-state index contributed by atoms with van der Waals surface area (Å²) in [6.45, 7) is 0. The van der Waals surface area contributed by atoms with E-state index in [0.717, 1.165) is 33.9 Å². The van der Waals surface area contributed by atoms with Crippen molar-refractivity contribution in [2.24, 2.45) is 5.73 Å². The molecule has 1 aliphatic heterocycles. The summed E-state index contributed by atoms with van der Waals surface area (Å²) >= 11 is 0. The third-order valence-electron chi connectivity index (χ3n) is 5.42. The smallest absolute Gasteiger partial charge is 0.416 e. The Balaban J connectivity index is 1.76. The van der Waals surface area contributed by atoms with Gasteiger partial charge in [-0.1, -0.05) is 36.4 Å². The van der Waals surface area contributed by atoms with Crippen LogP contribution in [-0.4, -0.2) is 4.98 Å². The lowest BCUT2D eigenvalue weighted by atomic mass is 9.82. The fourth-order valence-electron chi connectivity index (χ4n) is 4.06. The topological polar surface area (TPSA) is 74.8 Å². The number of allylic oxidation sites excluding steroid dienone is 1. The number of aromatic amines is 1. The van der Waals surface area contributed by atoms with Crippen molar-refractivity contribution in [3.63, 3.8) is 0 Å². The highest BCUT2D eigenvalue weighted by atomic mass is 19.4. The average Bonchev–Trinajstić information content (AvgIpc) is 3.11. The molecule has 1 aliphatic rings. The quantitative estimate of drug-likeness (QED) is 0.435. The van der Waals surface area contributed by atoms with Crippen molar-refractivity contribution in [1.82, 2.24) is 4.98 Å². The first-order valence-electron chi connectivity index (χ1n) is 9.16. The maximum absolute atomic E-state index is 13.0. The number of benzene rings is 3. The van der Waals surface area contributed by atoms with Crippen molar-refractivity contribution in [3.05, 3.63) is 88.8 Å². The van der Waals surface area contributed by atoms with Gasteiger partial charge in [0.2, 0.25) is 5.88 Å². The number of H-pyrrole nitrogens is 1. The Morgan fingerprint density at radius 1 is 0.967 bits per heavy atom. The van der Waals surface area contributed by atoms with E-state index in [-0.39, 0.29) is 11.5 Å². The van der Waals surface area contributed by atoms with Crippen LogP contribution in [0.5, 0.6) is 5.75 Å². The molecule has 30 heavy (non-hydrogen) atoms. The van der Waals surface area contributed by atoms with Gasteiger partial charge in [0.1, 0.15) is 17.4 Å². The Hall–Kier alpha value is -3.92. The van der Waals surface area contributed by atoms with E-state index in [1.165, 1.54) is 12.1 Å². The molecule has 0 saturated carbocycles. The maximum atomic E-state index is 13.0. The van der Waals surface area contributed by atoms with Gasteiger partial charge in [-0.15, -0.1) is 0 Å². The molecule has 7 heteroatoms. The molecular formula is C23H14F3N3O. The fraction of sp³-hybridized carbons (Fsp3) is 0.0870. The minimum absolute atomic E-state index is 0.0484. The molecule has 1 aromatic heterocycles. The van der Waals surface area contributed by atoms with Crippen molar-refractivity contribution >= 4 is 21.8 Å². The molecule has 0 fully saturated rings. The second-order valence-electron chi connectivity index (χ2n) is 7.12. The van der Waals surface area contributed by atoms with E-state index in [1.807, 2.05) is 36.4 Å². The molecule has 4 aromatic rings. The zero-order chi connectivity index (χ0) is 21.0. The third kappa shape index (κ3) is 2.61. The van der Waals surface area contributed by atoms with Crippen LogP contribution in [0.4, 0.5) is 13.2 Å². The molecule has 5 rings (SSSR count). The molecule has 148 valence electrons. The SMILES string of the molecule is N#CC1=C(N)Oc2c(ccc3[nH]c4ccccc4c23)C1c1ccc(C(F)(F)F)cc1. The number of rotatable bonds is 1. The van der Waals surface area contributed by atoms with Gasteiger partial charge in [-0.3, -0.25) is 0 Å². The Bertz CT molecular complexity index is 1380. The summed E-state index contributed by atoms with van der Waals surface area (Å²) in [5, 5.41) is 11.4. The second kappa shape index (κ2) is 6.29. The van der Waals surface area contributed by atoms with E-state index in [2.05, 4.69) is 11.1 Å². The van der Waals surface area contributed by atoms with Crippen molar-refractivity contribution in [1.29, 1.82) is 5.26 Å². The van der Waals surface area contributed by atoms with Crippen LogP contribution in [0.15, 0.2) is 72.1 Å². The van der Waals surface area contributed by atoms with Crippen molar-refractivity contribution in [2.75, 3.05) is 0 Å². The summed E-state index contributed by atoms with van der Waals surface area (Å²) in [6.07, 6.45) is -4.44. The predicted molar refractivity (Wildman–Crippen MR) is 107 cm³/mol. The number of fused-ring (bicyclic) bond motifs is 5. The lowest BCUT2D eigenvalue weighted by Crippen LogP contribution is -2.21. The van der Waals surface area contributed by atoms with Gasteiger partial charge in [-0.25, -0.2) is 0 Å². The first-order valence-corrected chi connectivity index (χ1v) is 9.16. The first-order chi connectivity index (χ1) is 14.4. The highest BCUT2D eigenvalue weighted by Crippen LogP contribution is 2.47. The van der Waals surface area contributed by atoms with E-state index in [9.17, 15) is 18.4 Å². The summed E-state index contributed by atoms with van der Waals surface area (Å²) in [6, 6.07) is 18.3. The number of ether oxygens (including phenoxy) is 1. The van der Waals surface area contributed by atoms with Gasteiger partial charge in [-0.05, 0) is 29.8 Å². The van der Waals surface area contributed by atoms with Crippen molar-refractivity contribution < 1.29 is 17.9 Å². The molecule has 4 nitrogen and oxygen atoms in total. The fourth-order valence-corrected chi connectivity index (χ4v) is 4.06. The largest absolute Gasteiger partial charge is 0.439 e. The van der Waals surface area contributed by atoms with Gasteiger partial charge in [0.05, 0.1) is 22.4 Å². The Labute approximate surface area is 169 Å². The van der Waals surface area contributed by atoms with Gasteiger partial charge in [0, 0.05) is 16.5 Å². The zero-order valence-corrected chi connectivity index (χ0v) is 15.4. The number of nitrogens with one attached hydrogen (secondary N) is 1. The first kappa shape index (κ1) is 18.1. The monoisotopic (exact) mass is 405 g/mol. The van der Waals surface area contributed by atoms with E-state index in [0.29, 0.717) is 16.9 Å². The van der Waals surface area contributed by atoms with Gasteiger partial charge in [0.15, 0.2) is 0 Å². The van der Waals surface area contributed by atoms with Crippen LogP contribution in [0.2, 0.25) is 0 Å². The number of hydrogen-bond donors (Lipinski definition) is 2. The molecule has 0 spiro atoms. The number of nitrogens with two attached hydrogens (primary N) is 1. The molecule has 0 aliphatic carbocycles. The Kier molecular flexibility index (Phi) is 3.80. The number of aromatic nitrogens is 1. The molecule has 2 heterocycles. The van der Waals surface area contributed by atoms with Crippen LogP contribution in [0.3, 0.4) is 0 Å². The lowest BCUT2D eigenvalue weighted by Gasteiger charge is -2.27. The van der Waals surface area contributed by atoms with E-state index >= 15 is 0 Å². The summed E-state index contributed by atoms with van der Waals surface area (Å²) in [5.74, 6) is -0.168. The van der Waals surface area contributed by atoms with E-state index < -0.39 is 17.7 Å². The minimum atomic E-state index is -4.44. The molecule has 3 aromatic carbocycles. The summed E-state index contributed by atoms with van der Waals surface area (Å²) in [7, 11) is 0. The second-order valence-corrected chi connectivity index (χ2v) is 7.12. The molecule has 0 amide bonds. The number of hydrogen-bond acceptors (Lipinski definition) is 3. The van der Waals surface area contributed by atoms with Gasteiger partial charge < -0.3 is 15.5 Å². The number of nitrogens with zero attached hydrogens (tertiary/aromatic N) is 1. The van der Waals surface area contributed by atoms with Crippen molar-refractivity contribution in [2.45, 2.75) is 12.1 Å². The summed E-state index contributed by atoms with van der Waals surface area (Å²) < 4.78 is 44.8. The molecular weight excluding hydrogens is 391 g/mol. The third-order valence-corrected chi connectivity index (χ3v) is 5.42. The minimum Gasteiger partial charge on any atom is -0.439 e. The van der Waals surface area contributed by atoms with Gasteiger partial charge in [-0.2, -0.15) is 18.4 Å². The van der Waals surface area contributed by atoms with Crippen LogP contribution in [0, 0.1) is 11.3 Å². The van der Waals surface area contributed by atoms with Crippen LogP contribution < -0.4 is 10.5 Å². The van der Waals surface area contributed by atoms with Crippen LogP contribution >= 0.6 is 0 Å². The van der Waals surface area contributed by atoms with E-state index in [1.54, 1.807) is 0 Å². The van der Waals surface area contributed by atoms with Gasteiger partial charge >= 0.3 is 6.18 Å². The molecule has 0 radical (unpaired) electrons. The standard InChI is InChI=1S/C23H14F3N3O/c24-23(25,26)13-7-5-12(6-8-13)19-15-9-10-18-20(14-3-1-2-4-17(14)29-18)21(15)30-22(28)16(19)11-27/h1-10,19,29H,28H2. The van der Waals surface area contributed by atoms with E-state index in [4.69, 9.17) is 10.5 Å². The zero-order valence-electron chi connectivity index (χ0n) is 15.4. The molecule has 1 unspecified atom stereocenters. The predicted octanol–water partition coefficient (Wildman–Crippen LogP) is 5.56. The summed E-state index contributed by atoms with van der Waals surface area (Å²) in [4.78, 5) is 3.32. The number of halogens is 3. The molecule has 1 atom stereocenters. The van der Waals surface area contributed by atoms with Gasteiger partial charge in [0.25, 0.3) is 0 Å². The lowest BCUT2D eigenvalue weighted by molar-refractivity contribution is -0.137. The van der Waals surface area contributed by atoms with Crippen molar-refractivity contribution in [3.8, 4) is 11.8 Å². The normalized spacial score (nSPS) is 16.4. The Morgan fingerprint density at radius 3 is 2.40 bits per heavy atom.